The molecule has 2 aromatic carbocycles. The van der Waals surface area contributed by atoms with E-state index in [4.69, 9.17) is 0 Å². The van der Waals surface area contributed by atoms with Crippen LogP contribution in [0.25, 0.3) is 0 Å². The molecule has 0 amide bonds. The number of hydrogen-bond donors (Lipinski definition) is 0. The fraction of sp³-hybridized carbons (Fsp3) is 0.368. The minimum absolute atomic E-state index is 0.417. The molecule has 20 heavy (non-hydrogen) atoms. The monoisotopic (exact) mass is 265 g/mol. The summed E-state index contributed by atoms with van der Waals surface area (Å²) in [6.45, 7) is 6.90. The van der Waals surface area contributed by atoms with Crippen LogP contribution >= 0.6 is 0 Å². The summed E-state index contributed by atoms with van der Waals surface area (Å²) in [6, 6.07) is 18.1. The van der Waals surface area contributed by atoms with Crippen molar-refractivity contribution >= 4 is 0 Å². The average molecular weight is 265 g/mol. The van der Waals surface area contributed by atoms with Crippen molar-refractivity contribution in [3.05, 3.63) is 70.8 Å². The molecule has 0 atom stereocenters. The second kappa shape index (κ2) is 5.80. The third-order valence-corrected chi connectivity index (χ3v) is 4.47. The third-order valence-electron chi connectivity index (χ3n) is 4.47. The van der Waals surface area contributed by atoms with Gasteiger partial charge in [0, 0.05) is 0 Å². The zero-order valence-electron chi connectivity index (χ0n) is 12.5. The van der Waals surface area contributed by atoms with Crippen LogP contribution in [0.4, 0.5) is 0 Å². The number of benzene rings is 2. The molecule has 0 bridgehead atoms. The molecule has 0 N–H and O–H groups in total. The molecule has 3 rings (SSSR count). The average Bonchev–Trinajstić information content (AvgIpc) is 2.97. The van der Waals surface area contributed by atoms with E-state index in [0.29, 0.717) is 6.04 Å². The van der Waals surface area contributed by atoms with Crippen molar-refractivity contribution < 1.29 is 0 Å². The van der Waals surface area contributed by atoms with E-state index in [0.717, 1.165) is 0 Å². The van der Waals surface area contributed by atoms with E-state index < -0.39 is 0 Å². The van der Waals surface area contributed by atoms with E-state index in [9.17, 15) is 0 Å². The highest BCUT2D eigenvalue weighted by atomic mass is 15.2. The zero-order chi connectivity index (χ0) is 13.9. The Morgan fingerprint density at radius 1 is 0.750 bits per heavy atom. The first-order valence-electron chi connectivity index (χ1n) is 7.62. The maximum atomic E-state index is 2.64. The lowest BCUT2D eigenvalue weighted by molar-refractivity contribution is 0.279. The quantitative estimate of drug-likeness (QED) is 0.790. The Morgan fingerprint density at radius 3 is 1.65 bits per heavy atom. The molecule has 0 radical (unpaired) electrons. The highest BCUT2D eigenvalue weighted by Crippen LogP contribution is 2.34. The smallest absolute Gasteiger partial charge is 0.0606 e. The maximum absolute atomic E-state index is 2.64. The van der Waals surface area contributed by atoms with Crippen LogP contribution in [0, 0.1) is 13.8 Å². The highest BCUT2D eigenvalue weighted by Gasteiger charge is 2.26. The molecule has 1 nitrogen and oxygen atoms in total. The van der Waals surface area contributed by atoms with Crippen LogP contribution in [0.2, 0.25) is 0 Å². The van der Waals surface area contributed by atoms with Gasteiger partial charge in [-0.25, -0.2) is 0 Å². The molecule has 0 aromatic heterocycles. The van der Waals surface area contributed by atoms with Gasteiger partial charge in [-0.05, 0) is 62.0 Å². The molecule has 1 saturated heterocycles. The van der Waals surface area contributed by atoms with Gasteiger partial charge in [-0.3, -0.25) is 4.90 Å². The van der Waals surface area contributed by atoms with Crippen LogP contribution in [0.15, 0.2) is 48.5 Å². The summed E-state index contributed by atoms with van der Waals surface area (Å²) in [5.74, 6) is 0. The van der Waals surface area contributed by atoms with E-state index in [1.165, 1.54) is 48.2 Å². The standard InChI is InChI=1S/C19H23N/c1-15-9-3-5-11-17(15)19(20-13-7-8-14-20)18-12-6-4-10-16(18)2/h3-6,9-12,19H,7-8,13-14H2,1-2H3. The maximum Gasteiger partial charge on any atom is 0.0606 e. The fourth-order valence-corrected chi connectivity index (χ4v) is 3.35. The van der Waals surface area contributed by atoms with Crippen molar-refractivity contribution in [3.63, 3.8) is 0 Å². The van der Waals surface area contributed by atoms with Gasteiger partial charge in [-0.2, -0.15) is 0 Å². The van der Waals surface area contributed by atoms with Crippen LogP contribution in [0.3, 0.4) is 0 Å². The Hall–Kier alpha value is -1.60. The van der Waals surface area contributed by atoms with E-state index in [1.54, 1.807) is 0 Å². The lowest BCUT2D eigenvalue weighted by Gasteiger charge is -2.30. The first-order chi connectivity index (χ1) is 9.77. The molecule has 0 aliphatic carbocycles. The SMILES string of the molecule is Cc1ccccc1C(c1ccccc1C)N1CCCC1. The van der Waals surface area contributed by atoms with Crippen molar-refractivity contribution in [2.45, 2.75) is 32.7 Å². The van der Waals surface area contributed by atoms with Crippen molar-refractivity contribution in [1.29, 1.82) is 0 Å². The highest BCUT2D eigenvalue weighted by molar-refractivity contribution is 5.40. The number of rotatable bonds is 3. The van der Waals surface area contributed by atoms with Crippen LogP contribution in [-0.2, 0) is 0 Å². The van der Waals surface area contributed by atoms with E-state index in [2.05, 4.69) is 67.3 Å². The van der Waals surface area contributed by atoms with Crippen molar-refractivity contribution in [1.82, 2.24) is 4.90 Å². The Labute approximate surface area is 122 Å². The summed E-state index contributed by atoms with van der Waals surface area (Å²) in [7, 11) is 0. The van der Waals surface area contributed by atoms with Gasteiger partial charge >= 0.3 is 0 Å². The Balaban J connectivity index is 2.09. The van der Waals surface area contributed by atoms with Gasteiger partial charge in [0.15, 0.2) is 0 Å². The van der Waals surface area contributed by atoms with Crippen molar-refractivity contribution in [2.75, 3.05) is 13.1 Å². The topological polar surface area (TPSA) is 3.24 Å². The van der Waals surface area contributed by atoms with Gasteiger partial charge in [-0.15, -0.1) is 0 Å². The molecule has 104 valence electrons. The van der Waals surface area contributed by atoms with Gasteiger partial charge in [-0.1, -0.05) is 48.5 Å². The van der Waals surface area contributed by atoms with E-state index >= 15 is 0 Å². The molecule has 1 aliphatic heterocycles. The lowest BCUT2D eigenvalue weighted by atomic mass is 9.91. The van der Waals surface area contributed by atoms with Crippen LogP contribution in [0.1, 0.15) is 41.1 Å². The number of likely N-dealkylation sites (tertiary alicyclic amines) is 1. The molecule has 1 heterocycles. The molecule has 0 saturated carbocycles. The van der Waals surface area contributed by atoms with Crippen LogP contribution in [-0.4, -0.2) is 18.0 Å². The minimum Gasteiger partial charge on any atom is -0.292 e. The molecule has 2 aromatic rings. The van der Waals surface area contributed by atoms with Crippen molar-refractivity contribution in [3.8, 4) is 0 Å². The number of nitrogens with zero attached hydrogens (tertiary/aromatic N) is 1. The van der Waals surface area contributed by atoms with Crippen molar-refractivity contribution in [2.24, 2.45) is 0 Å². The summed E-state index contributed by atoms with van der Waals surface area (Å²) in [4.78, 5) is 2.64. The molecule has 1 aliphatic rings. The lowest BCUT2D eigenvalue weighted by Crippen LogP contribution is -2.27. The van der Waals surface area contributed by atoms with Gasteiger partial charge < -0.3 is 0 Å². The van der Waals surface area contributed by atoms with Crippen LogP contribution in [0.5, 0.6) is 0 Å². The Bertz CT molecular complexity index is 536. The summed E-state index contributed by atoms with van der Waals surface area (Å²) in [5.41, 5.74) is 5.72. The second-order valence-electron chi connectivity index (χ2n) is 5.86. The molecule has 1 fully saturated rings. The number of hydrogen-bond acceptors (Lipinski definition) is 1. The normalized spacial score (nSPS) is 15.9. The predicted molar refractivity (Wildman–Crippen MR) is 85.0 cm³/mol. The number of aryl methyl sites for hydroxylation is 2. The fourth-order valence-electron chi connectivity index (χ4n) is 3.35. The summed E-state index contributed by atoms with van der Waals surface area (Å²) >= 11 is 0. The van der Waals surface area contributed by atoms with Gasteiger partial charge in [0.25, 0.3) is 0 Å². The predicted octanol–water partition coefficient (Wildman–Crippen LogP) is 4.49. The van der Waals surface area contributed by atoms with Gasteiger partial charge in [0.2, 0.25) is 0 Å². The Kier molecular flexibility index (Phi) is 3.88. The molecular formula is C19H23N. The van der Waals surface area contributed by atoms with Gasteiger partial charge in [0.1, 0.15) is 0 Å². The first kappa shape index (κ1) is 13.4. The largest absolute Gasteiger partial charge is 0.292 e. The molecule has 1 heteroatoms. The molecule has 0 spiro atoms. The summed E-state index contributed by atoms with van der Waals surface area (Å²) in [5, 5.41) is 0. The van der Waals surface area contributed by atoms with E-state index in [1.807, 2.05) is 0 Å². The minimum atomic E-state index is 0.417. The summed E-state index contributed by atoms with van der Waals surface area (Å²) in [6.07, 6.45) is 2.66. The second-order valence-corrected chi connectivity index (χ2v) is 5.86. The molecule has 0 unspecified atom stereocenters. The van der Waals surface area contributed by atoms with E-state index in [-0.39, 0.29) is 0 Å². The van der Waals surface area contributed by atoms with Gasteiger partial charge in [0.05, 0.1) is 6.04 Å². The zero-order valence-corrected chi connectivity index (χ0v) is 12.5. The Morgan fingerprint density at radius 2 is 1.20 bits per heavy atom. The van der Waals surface area contributed by atoms with Crippen LogP contribution < -0.4 is 0 Å². The summed E-state index contributed by atoms with van der Waals surface area (Å²) < 4.78 is 0. The molecular weight excluding hydrogens is 242 g/mol. The third kappa shape index (κ3) is 2.51. The first-order valence-corrected chi connectivity index (χ1v) is 7.62.